The molecule has 0 fully saturated rings. The Morgan fingerprint density at radius 3 is 2.67 bits per heavy atom. The van der Waals surface area contributed by atoms with Crippen LogP contribution in [-0.4, -0.2) is 15.4 Å². The van der Waals surface area contributed by atoms with Crippen molar-refractivity contribution in [3.63, 3.8) is 0 Å². The predicted molar refractivity (Wildman–Crippen MR) is 55.1 cm³/mol. The van der Waals surface area contributed by atoms with Crippen molar-refractivity contribution < 1.29 is 8.94 Å². The Bertz CT molecular complexity index is 492. The van der Waals surface area contributed by atoms with Crippen LogP contribution in [0.15, 0.2) is 8.94 Å². The van der Waals surface area contributed by atoms with Crippen LogP contribution in [0.2, 0.25) is 0 Å². The van der Waals surface area contributed by atoms with E-state index in [0.717, 1.165) is 23.4 Å². The monoisotopic (exact) mass is 225 g/mol. The normalized spacial score (nSPS) is 10.8. The van der Waals surface area contributed by atoms with Crippen molar-refractivity contribution >= 4 is 12.2 Å². The van der Waals surface area contributed by atoms with Gasteiger partial charge in [-0.25, -0.2) is 5.10 Å². The van der Waals surface area contributed by atoms with Crippen LogP contribution in [0.5, 0.6) is 0 Å². The third kappa shape index (κ3) is 2.15. The molecule has 0 aliphatic rings. The minimum atomic E-state index is 0.309. The van der Waals surface area contributed by atoms with E-state index in [4.69, 9.17) is 21.2 Å². The van der Waals surface area contributed by atoms with Crippen molar-refractivity contribution in [1.82, 2.24) is 15.4 Å². The van der Waals surface area contributed by atoms with Gasteiger partial charge < -0.3 is 8.94 Å². The topological polar surface area (TPSA) is 67.8 Å². The van der Waals surface area contributed by atoms with Gasteiger partial charge in [-0.1, -0.05) is 5.16 Å². The summed E-state index contributed by atoms with van der Waals surface area (Å²) in [6.07, 6.45) is 1.49. The average molecular weight is 225 g/mol. The molecule has 2 rings (SSSR count). The highest BCUT2D eigenvalue weighted by atomic mass is 32.1. The molecule has 2 aromatic heterocycles. The predicted octanol–water partition coefficient (Wildman–Crippen LogP) is 2.12. The Balaban J connectivity index is 2.08. The molecule has 15 heavy (non-hydrogen) atoms. The molecule has 0 aliphatic heterocycles. The van der Waals surface area contributed by atoms with Crippen LogP contribution < -0.4 is 0 Å². The molecule has 0 unspecified atom stereocenters. The first-order valence-electron chi connectivity index (χ1n) is 4.63. The first-order valence-corrected chi connectivity index (χ1v) is 5.04. The van der Waals surface area contributed by atoms with E-state index in [9.17, 15) is 0 Å². The maximum atomic E-state index is 5.16. The summed E-state index contributed by atoms with van der Waals surface area (Å²) in [6, 6.07) is 0. The van der Waals surface area contributed by atoms with Crippen LogP contribution in [0.4, 0.5) is 0 Å². The largest absolute Gasteiger partial charge is 0.414 e. The van der Waals surface area contributed by atoms with E-state index in [0.29, 0.717) is 17.1 Å². The highest BCUT2D eigenvalue weighted by molar-refractivity contribution is 7.71. The molecule has 80 valence electrons. The summed E-state index contributed by atoms with van der Waals surface area (Å²) in [5, 5.41) is 10.4. The van der Waals surface area contributed by atoms with Gasteiger partial charge in [0.15, 0.2) is 0 Å². The van der Waals surface area contributed by atoms with Gasteiger partial charge in [0.2, 0.25) is 5.89 Å². The Morgan fingerprint density at radius 1 is 1.33 bits per heavy atom. The van der Waals surface area contributed by atoms with Gasteiger partial charge in [-0.3, -0.25) is 0 Å². The molecule has 0 aromatic carbocycles. The third-order valence-electron chi connectivity index (χ3n) is 2.25. The van der Waals surface area contributed by atoms with Gasteiger partial charge >= 0.3 is 0 Å². The SMILES string of the molecule is Cc1noc(C)c1CCc1n[nH]c(=S)o1. The lowest BCUT2D eigenvalue weighted by Crippen LogP contribution is -1.94. The smallest absolute Gasteiger partial charge is 0.284 e. The van der Waals surface area contributed by atoms with Gasteiger partial charge in [0.05, 0.1) is 5.69 Å². The maximum Gasteiger partial charge on any atom is 0.284 e. The minimum absolute atomic E-state index is 0.309. The van der Waals surface area contributed by atoms with Gasteiger partial charge in [-0.15, -0.1) is 5.10 Å². The fourth-order valence-electron chi connectivity index (χ4n) is 1.46. The summed E-state index contributed by atoms with van der Waals surface area (Å²) >= 11 is 4.78. The quantitative estimate of drug-likeness (QED) is 0.810. The maximum absolute atomic E-state index is 5.16. The molecule has 1 N–H and O–H groups in total. The van der Waals surface area contributed by atoms with Crippen molar-refractivity contribution in [3.8, 4) is 0 Å². The molecule has 6 heteroatoms. The zero-order chi connectivity index (χ0) is 10.8. The van der Waals surface area contributed by atoms with Crippen LogP contribution in [0.3, 0.4) is 0 Å². The van der Waals surface area contributed by atoms with E-state index in [1.165, 1.54) is 0 Å². The van der Waals surface area contributed by atoms with Crippen molar-refractivity contribution in [3.05, 3.63) is 27.7 Å². The summed E-state index contributed by atoms with van der Waals surface area (Å²) in [7, 11) is 0. The summed E-state index contributed by atoms with van der Waals surface area (Å²) in [4.78, 5) is 0.309. The summed E-state index contributed by atoms with van der Waals surface area (Å²) in [5.41, 5.74) is 2.03. The summed E-state index contributed by atoms with van der Waals surface area (Å²) in [6.45, 7) is 3.82. The fourth-order valence-corrected chi connectivity index (χ4v) is 1.60. The molecule has 0 saturated heterocycles. The highest BCUT2D eigenvalue weighted by Crippen LogP contribution is 2.14. The first-order chi connectivity index (χ1) is 7.16. The lowest BCUT2D eigenvalue weighted by atomic mass is 10.1. The van der Waals surface area contributed by atoms with Crippen molar-refractivity contribution in [1.29, 1.82) is 0 Å². The average Bonchev–Trinajstić information content (AvgIpc) is 2.73. The van der Waals surface area contributed by atoms with Crippen molar-refractivity contribution in [2.45, 2.75) is 26.7 Å². The van der Waals surface area contributed by atoms with E-state index in [2.05, 4.69) is 15.4 Å². The number of hydrogen-bond donors (Lipinski definition) is 1. The second-order valence-corrected chi connectivity index (χ2v) is 3.68. The van der Waals surface area contributed by atoms with Crippen LogP contribution >= 0.6 is 12.2 Å². The number of rotatable bonds is 3. The molecule has 0 bridgehead atoms. The summed E-state index contributed by atoms with van der Waals surface area (Å²) in [5.74, 6) is 1.46. The molecule has 2 heterocycles. The van der Waals surface area contributed by atoms with Gasteiger partial charge in [-0.05, 0) is 32.5 Å². The van der Waals surface area contributed by atoms with Crippen LogP contribution in [0.25, 0.3) is 0 Å². The Morgan fingerprint density at radius 2 is 2.13 bits per heavy atom. The van der Waals surface area contributed by atoms with Gasteiger partial charge in [0.1, 0.15) is 5.76 Å². The van der Waals surface area contributed by atoms with Gasteiger partial charge in [0, 0.05) is 12.0 Å². The molecule has 0 saturated carbocycles. The van der Waals surface area contributed by atoms with Crippen molar-refractivity contribution in [2.24, 2.45) is 0 Å². The molecule has 0 spiro atoms. The molecular weight excluding hydrogens is 214 g/mol. The number of aryl methyl sites for hydroxylation is 3. The lowest BCUT2D eigenvalue weighted by Gasteiger charge is -1.95. The van der Waals surface area contributed by atoms with Crippen LogP contribution in [0, 0.1) is 18.7 Å². The zero-order valence-corrected chi connectivity index (χ0v) is 9.35. The standard InChI is InChI=1S/C9H11N3O2S/c1-5-7(6(2)14-12-5)3-4-8-10-11-9(15)13-8/h3-4H2,1-2H3,(H,11,15). The number of aromatic nitrogens is 3. The van der Waals surface area contributed by atoms with Gasteiger partial charge in [-0.2, -0.15) is 0 Å². The van der Waals surface area contributed by atoms with E-state index < -0.39 is 0 Å². The van der Waals surface area contributed by atoms with Crippen LogP contribution in [-0.2, 0) is 12.8 Å². The molecule has 0 aliphatic carbocycles. The number of H-pyrrole nitrogens is 1. The van der Waals surface area contributed by atoms with E-state index in [1.807, 2.05) is 13.8 Å². The van der Waals surface area contributed by atoms with E-state index >= 15 is 0 Å². The molecule has 0 radical (unpaired) electrons. The van der Waals surface area contributed by atoms with Crippen LogP contribution in [0.1, 0.15) is 22.9 Å². The number of aromatic amines is 1. The van der Waals surface area contributed by atoms with E-state index in [1.54, 1.807) is 0 Å². The number of hydrogen-bond acceptors (Lipinski definition) is 5. The molecule has 2 aromatic rings. The lowest BCUT2D eigenvalue weighted by molar-refractivity contribution is 0.392. The van der Waals surface area contributed by atoms with E-state index in [-0.39, 0.29) is 0 Å². The Hall–Kier alpha value is -1.43. The molecule has 0 amide bonds. The first kappa shape index (κ1) is 10.1. The highest BCUT2D eigenvalue weighted by Gasteiger charge is 2.10. The second kappa shape index (κ2) is 3.98. The van der Waals surface area contributed by atoms with Crippen molar-refractivity contribution in [2.75, 3.05) is 0 Å². The zero-order valence-electron chi connectivity index (χ0n) is 8.53. The Kier molecular flexibility index (Phi) is 2.68. The fraction of sp³-hybridized carbons (Fsp3) is 0.444. The molecule has 0 atom stereocenters. The second-order valence-electron chi connectivity index (χ2n) is 3.31. The third-order valence-corrected chi connectivity index (χ3v) is 2.43. The minimum Gasteiger partial charge on any atom is -0.414 e. The molecular formula is C9H11N3O2S. The van der Waals surface area contributed by atoms with Gasteiger partial charge in [0.25, 0.3) is 4.84 Å². The Labute approximate surface area is 91.5 Å². The number of nitrogens with zero attached hydrogens (tertiary/aromatic N) is 2. The summed E-state index contributed by atoms with van der Waals surface area (Å²) < 4.78 is 10.2. The number of nitrogens with one attached hydrogen (secondary N) is 1. The molecule has 5 nitrogen and oxygen atoms in total.